The fourth-order valence-electron chi connectivity index (χ4n) is 1.80. The van der Waals surface area contributed by atoms with Gasteiger partial charge in [0.1, 0.15) is 12.3 Å². The Labute approximate surface area is 124 Å². The maximum atomic E-state index is 5.98. The summed E-state index contributed by atoms with van der Waals surface area (Å²) in [7, 11) is 0. The van der Waals surface area contributed by atoms with Gasteiger partial charge in [0.15, 0.2) is 11.5 Å². The summed E-state index contributed by atoms with van der Waals surface area (Å²) in [6.45, 7) is 7.44. The fourth-order valence-corrected chi connectivity index (χ4v) is 1.80. The smallest absolute Gasteiger partial charge is 0.161 e. The van der Waals surface area contributed by atoms with Crippen LogP contribution < -0.4 is 15.2 Å². The lowest BCUT2D eigenvalue weighted by Gasteiger charge is -2.13. The van der Waals surface area contributed by atoms with Gasteiger partial charge in [0, 0.05) is 0 Å². The van der Waals surface area contributed by atoms with Crippen molar-refractivity contribution in [2.45, 2.75) is 32.9 Å². The first-order valence-corrected chi connectivity index (χ1v) is 7.05. The van der Waals surface area contributed by atoms with Gasteiger partial charge in [-0.3, -0.25) is 0 Å². The summed E-state index contributed by atoms with van der Waals surface area (Å²) in [5.41, 5.74) is 6.26. The Balaban J connectivity index is 1.91. The molecule has 1 heterocycles. The molecule has 0 unspecified atom stereocenters. The molecule has 1 aromatic heterocycles. The summed E-state index contributed by atoms with van der Waals surface area (Å²) in [5, 5.41) is 8.12. The zero-order valence-electron chi connectivity index (χ0n) is 12.7. The second-order valence-corrected chi connectivity index (χ2v) is 5.32. The molecule has 0 fully saturated rings. The number of nitrogens with two attached hydrogens (primary N) is 1. The van der Waals surface area contributed by atoms with Crippen molar-refractivity contribution in [3.63, 3.8) is 0 Å². The predicted octanol–water partition coefficient (Wildman–Crippen LogP) is 1.95. The summed E-state index contributed by atoms with van der Waals surface area (Å²) in [5.74, 6) is 1.49. The molecule has 0 atom stereocenters. The van der Waals surface area contributed by atoms with Gasteiger partial charge in [-0.15, -0.1) is 5.10 Å². The van der Waals surface area contributed by atoms with Crippen molar-refractivity contribution in [1.29, 1.82) is 0 Å². The Hall–Kier alpha value is -2.08. The lowest BCUT2D eigenvalue weighted by molar-refractivity contribution is 0.261. The van der Waals surface area contributed by atoms with Gasteiger partial charge < -0.3 is 15.2 Å². The third-order valence-electron chi connectivity index (χ3n) is 2.93. The summed E-state index contributed by atoms with van der Waals surface area (Å²) >= 11 is 0. The number of rotatable bonds is 7. The van der Waals surface area contributed by atoms with Crippen LogP contribution in [0, 0.1) is 0 Å². The van der Waals surface area contributed by atoms with E-state index in [0.717, 1.165) is 17.2 Å². The molecule has 2 rings (SSSR count). The minimum atomic E-state index is -0.485. The third kappa shape index (κ3) is 4.19. The van der Waals surface area contributed by atoms with Gasteiger partial charge >= 0.3 is 0 Å². The molecular weight excluding hydrogens is 268 g/mol. The van der Waals surface area contributed by atoms with E-state index in [2.05, 4.69) is 10.3 Å². The number of hydrogen-bond acceptors (Lipinski definition) is 5. The van der Waals surface area contributed by atoms with Gasteiger partial charge in [0.2, 0.25) is 0 Å². The molecule has 0 amide bonds. The van der Waals surface area contributed by atoms with E-state index in [1.54, 1.807) is 4.68 Å². The van der Waals surface area contributed by atoms with Crippen LogP contribution in [0.4, 0.5) is 0 Å². The van der Waals surface area contributed by atoms with Crippen molar-refractivity contribution in [2.75, 3.05) is 13.2 Å². The monoisotopic (exact) mass is 290 g/mol. The highest BCUT2D eigenvalue weighted by Crippen LogP contribution is 2.26. The standard InChI is InChI=1S/C15H22N4O2/c1-4-20-12-7-5-6-8-13(12)21-10-9-19-11-14(17-18-19)15(2,3)16/h5-8,11H,4,9-10,16H2,1-3H3. The molecule has 2 N–H and O–H groups in total. The van der Waals surface area contributed by atoms with E-state index in [1.807, 2.05) is 51.2 Å². The Kier molecular flexibility index (Phi) is 4.80. The van der Waals surface area contributed by atoms with Crippen molar-refractivity contribution in [3.8, 4) is 11.5 Å². The molecule has 0 aliphatic rings. The number of hydrogen-bond donors (Lipinski definition) is 1. The van der Waals surface area contributed by atoms with E-state index in [-0.39, 0.29) is 0 Å². The molecular formula is C15H22N4O2. The Morgan fingerprint density at radius 3 is 2.43 bits per heavy atom. The van der Waals surface area contributed by atoms with E-state index in [9.17, 15) is 0 Å². The van der Waals surface area contributed by atoms with E-state index < -0.39 is 5.54 Å². The molecule has 0 saturated carbocycles. The van der Waals surface area contributed by atoms with Gasteiger partial charge in [-0.05, 0) is 32.9 Å². The van der Waals surface area contributed by atoms with Crippen LogP contribution in [-0.4, -0.2) is 28.2 Å². The first-order chi connectivity index (χ1) is 10.0. The number of benzene rings is 1. The normalized spacial score (nSPS) is 11.4. The van der Waals surface area contributed by atoms with E-state index >= 15 is 0 Å². The average Bonchev–Trinajstić information content (AvgIpc) is 2.90. The van der Waals surface area contributed by atoms with Crippen LogP contribution in [0.25, 0.3) is 0 Å². The summed E-state index contributed by atoms with van der Waals surface area (Å²) in [6.07, 6.45) is 1.85. The predicted molar refractivity (Wildman–Crippen MR) is 80.3 cm³/mol. The molecule has 6 heteroatoms. The topological polar surface area (TPSA) is 75.2 Å². The highest BCUT2D eigenvalue weighted by Gasteiger charge is 2.18. The zero-order chi connectivity index (χ0) is 15.3. The van der Waals surface area contributed by atoms with Gasteiger partial charge in [-0.25, -0.2) is 4.68 Å². The van der Waals surface area contributed by atoms with Crippen LogP contribution in [-0.2, 0) is 12.1 Å². The molecule has 21 heavy (non-hydrogen) atoms. The van der Waals surface area contributed by atoms with Crippen molar-refractivity contribution >= 4 is 0 Å². The highest BCUT2D eigenvalue weighted by molar-refractivity contribution is 5.39. The fraction of sp³-hybridized carbons (Fsp3) is 0.467. The first kappa shape index (κ1) is 15.3. The van der Waals surface area contributed by atoms with Crippen molar-refractivity contribution in [2.24, 2.45) is 5.73 Å². The van der Waals surface area contributed by atoms with Crippen LogP contribution in [0.15, 0.2) is 30.5 Å². The van der Waals surface area contributed by atoms with E-state index in [1.165, 1.54) is 0 Å². The van der Waals surface area contributed by atoms with Crippen molar-refractivity contribution in [3.05, 3.63) is 36.2 Å². The van der Waals surface area contributed by atoms with Gasteiger partial charge in [-0.1, -0.05) is 17.3 Å². The minimum Gasteiger partial charge on any atom is -0.490 e. The SMILES string of the molecule is CCOc1ccccc1OCCn1cc(C(C)(C)N)nn1. The number of aromatic nitrogens is 3. The lowest BCUT2D eigenvalue weighted by Crippen LogP contribution is -2.29. The first-order valence-electron chi connectivity index (χ1n) is 7.05. The lowest BCUT2D eigenvalue weighted by atomic mass is 10.0. The van der Waals surface area contributed by atoms with E-state index in [4.69, 9.17) is 15.2 Å². The second-order valence-electron chi connectivity index (χ2n) is 5.32. The van der Waals surface area contributed by atoms with E-state index in [0.29, 0.717) is 19.8 Å². The average molecular weight is 290 g/mol. The minimum absolute atomic E-state index is 0.484. The number of ether oxygens (including phenoxy) is 2. The molecule has 0 radical (unpaired) electrons. The van der Waals surface area contributed by atoms with Crippen LogP contribution in [0.3, 0.4) is 0 Å². The summed E-state index contributed by atoms with van der Waals surface area (Å²) < 4.78 is 13.0. The van der Waals surface area contributed by atoms with Gasteiger partial charge in [-0.2, -0.15) is 0 Å². The quantitative estimate of drug-likeness (QED) is 0.843. The molecule has 1 aromatic carbocycles. The van der Waals surface area contributed by atoms with Gasteiger partial charge in [0.05, 0.1) is 24.9 Å². The Morgan fingerprint density at radius 2 is 1.86 bits per heavy atom. The highest BCUT2D eigenvalue weighted by atomic mass is 16.5. The molecule has 114 valence electrons. The second kappa shape index (κ2) is 6.58. The van der Waals surface area contributed by atoms with Crippen molar-refractivity contribution < 1.29 is 9.47 Å². The van der Waals surface area contributed by atoms with Crippen LogP contribution in [0.5, 0.6) is 11.5 Å². The zero-order valence-corrected chi connectivity index (χ0v) is 12.7. The maximum Gasteiger partial charge on any atom is 0.161 e. The number of nitrogens with zero attached hydrogens (tertiary/aromatic N) is 3. The summed E-state index contributed by atoms with van der Waals surface area (Å²) in [6, 6.07) is 7.62. The third-order valence-corrected chi connectivity index (χ3v) is 2.93. The van der Waals surface area contributed by atoms with Crippen LogP contribution in [0.1, 0.15) is 26.5 Å². The molecule has 0 aliphatic carbocycles. The molecule has 0 aliphatic heterocycles. The molecule has 2 aromatic rings. The van der Waals surface area contributed by atoms with Crippen LogP contribution in [0.2, 0.25) is 0 Å². The summed E-state index contributed by atoms with van der Waals surface area (Å²) in [4.78, 5) is 0. The number of para-hydroxylation sites is 2. The molecule has 0 bridgehead atoms. The van der Waals surface area contributed by atoms with Gasteiger partial charge in [0.25, 0.3) is 0 Å². The largest absolute Gasteiger partial charge is 0.490 e. The maximum absolute atomic E-state index is 5.98. The van der Waals surface area contributed by atoms with Crippen molar-refractivity contribution in [1.82, 2.24) is 15.0 Å². The Bertz CT molecular complexity index is 575. The molecule has 0 saturated heterocycles. The van der Waals surface area contributed by atoms with Crippen LogP contribution >= 0.6 is 0 Å². The molecule has 0 spiro atoms. The molecule has 6 nitrogen and oxygen atoms in total. The Morgan fingerprint density at radius 1 is 1.19 bits per heavy atom.